The van der Waals surface area contributed by atoms with Crippen LogP contribution in [0.2, 0.25) is 0 Å². The first-order valence-corrected chi connectivity index (χ1v) is 9.00. The third-order valence-electron chi connectivity index (χ3n) is 4.91. The van der Waals surface area contributed by atoms with E-state index in [-0.39, 0.29) is 11.6 Å². The summed E-state index contributed by atoms with van der Waals surface area (Å²) in [6.07, 6.45) is 0.766. The van der Waals surface area contributed by atoms with E-state index in [0.717, 1.165) is 18.5 Å². The third-order valence-corrected chi connectivity index (χ3v) is 4.91. The summed E-state index contributed by atoms with van der Waals surface area (Å²) in [5.74, 6) is 0.932. The molecule has 1 amide bonds. The second-order valence-corrected chi connectivity index (χ2v) is 6.85. The monoisotopic (exact) mass is 377 g/mol. The molecule has 28 heavy (non-hydrogen) atoms. The van der Waals surface area contributed by atoms with Crippen LogP contribution in [0.1, 0.15) is 22.3 Å². The summed E-state index contributed by atoms with van der Waals surface area (Å²) in [7, 11) is 1.94. The van der Waals surface area contributed by atoms with E-state index in [1.807, 2.05) is 36.2 Å². The fourth-order valence-corrected chi connectivity index (χ4v) is 3.44. The molecule has 4 rings (SSSR count). The molecule has 3 aromatic rings. The number of aryl methyl sites for hydroxylation is 1. The highest BCUT2D eigenvalue weighted by molar-refractivity contribution is 6.07. The van der Waals surface area contributed by atoms with Gasteiger partial charge in [-0.05, 0) is 37.6 Å². The number of carbonyl (C=O) groups is 1. The molecule has 0 aliphatic carbocycles. The Labute approximate surface area is 161 Å². The van der Waals surface area contributed by atoms with E-state index in [1.54, 1.807) is 17.9 Å². The minimum Gasteiger partial charge on any atom is -0.357 e. The van der Waals surface area contributed by atoms with Crippen molar-refractivity contribution in [1.29, 1.82) is 0 Å². The van der Waals surface area contributed by atoms with Crippen LogP contribution in [-0.2, 0) is 0 Å². The molecule has 0 saturated carbocycles. The number of nitrogens with zero attached hydrogens (tertiary/aromatic N) is 5. The lowest BCUT2D eigenvalue weighted by Gasteiger charge is -2.23. The van der Waals surface area contributed by atoms with Crippen molar-refractivity contribution in [3.63, 3.8) is 0 Å². The van der Waals surface area contributed by atoms with Crippen LogP contribution in [-0.4, -0.2) is 40.9 Å². The van der Waals surface area contributed by atoms with Gasteiger partial charge in [0.05, 0.1) is 16.0 Å². The van der Waals surface area contributed by atoms with Crippen LogP contribution in [0.15, 0.2) is 42.5 Å². The smallest absolute Gasteiger partial charge is 0.272 e. The largest absolute Gasteiger partial charge is 0.357 e. The zero-order chi connectivity index (χ0) is 19.8. The zero-order valence-corrected chi connectivity index (χ0v) is 15.6. The van der Waals surface area contributed by atoms with Crippen LogP contribution in [0.3, 0.4) is 0 Å². The van der Waals surface area contributed by atoms with Crippen LogP contribution in [0.5, 0.6) is 0 Å². The molecule has 0 atom stereocenters. The Kier molecular flexibility index (Phi) is 4.38. The molecule has 0 spiro atoms. The highest BCUT2D eigenvalue weighted by atomic mass is 16.6. The first kappa shape index (κ1) is 17.8. The van der Waals surface area contributed by atoms with E-state index in [1.165, 1.54) is 12.1 Å². The number of amides is 1. The second-order valence-electron chi connectivity index (χ2n) is 6.85. The maximum Gasteiger partial charge on any atom is 0.272 e. The minimum atomic E-state index is -0.447. The van der Waals surface area contributed by atoms with Crippen LogP contribution in [0, 0.1) is 17.0 Å². The topological polar surface area (TPSA) is 92.5 Å². The molecule has 0 N–H and O–H groups in total. The van der Waals surface area contributed by atoms with Crippen molar-refractivity contribution in [2.75, 3.05) is 29.9 Å². The molecule has 8 heteroatoms. The summed E-state index contributed by atoms with van der Waals surface area (Å²) < 4.78 is 0. The number of anilines is 2. The van der Waals surface area contributed by atoms with Crippen molar-refractivity contribution in [3.8, 4) is 0 Å². The molecule has 2 heterocycles. The Balaban J connectivity index is 1.81. The molecular formula is C20H19N5O3. The molecule has 0 fully saturated rings. The fourth-order valence-electron chi connectivity index (χ4n) is 3.44. The maximum atomic E-state index is 13.3. The molecule has 142 valence electrons. The highest BCUT2D eigenvalue weighted by Crippen LogP contribution is 2.31. The summed E-state index contributed by atoms with van der Waals surface area (Å²) in [5.41, 5.74) is 2.34. The molecule has 0 unspecified atom stereocenters. The standard InChI is InChI=1S/C20H19N5O3/c1-13-12-14(8-9-17(13)25(27)28)20(26)24-11-5-10-23(2)18-19(24)22-16-7-4-3-6-15(16)21-18/h3-4,6-9,12H,5,10-11H2,1-2H3. The van der Waals surface area contributed by atoms with Gasteiger partial charge in [-0.2, -0.15) is 0 Å². The van der Waals surface area contributed by atoms with Crippen LogP contribution < -0.4 is 9.80 Å². The quantitative estimate of drug-likeness (QED) is 0.502. The van der Waals surface area contributed by atoms with Gasteiger partial charge in [-0.3, -0.25) is 19.8 Å². The fraction of sp³-hybridized carbons (Fsp3) is 0.250. The Morgan fingerprint density at radius 3 is 2.39 bits per heavy atom. The average Bonchev–Trinajstić information content (AvgIpc) is 2.84. The summed E-state index contributed by atoms with van der Waals surface area (Å²) in [5, 5.41) is 11.1. The van der Waals surface area contributed by atoms with Gasteiger partial charge in [0, 0.05) is 37.3 Å². The van der Waals surface area contributed by atoms with Gasteiger partial charge in [-0.15, -0.1) is 0 Å². The van der Waals surface area contributed by atoms with Gasteiger partial charge >= 0.3 is 0 Å². The summed E-state index contributed by atoms with van der Waals surface area (Å²) in [6.45, 7) is 2.88. The van der Waals surface area contributed by atoms with Crippen LogP contribution in [0.25, 0.3) is 11.0 Å². The van der Waals surface area contributed by atoms with Gasteiger partial charge in [-0.25, -0.2) is 9.97 Å². The zero-order valence-electron chi connectivity index (χ0n) is 15.6. The highest BCUT2D eigenvalue weighted by Gasteiger charge is 2.28. The number of rotatable bonds is 2. The number of nitro groups is 1. The third kappa shape index (κ3) is 3.02. The second kappa shape index (κ2) is 6.88. The van der Waals surface area contributed by atoms with Crippen molar-refractivity contribution in [1.82, 2.24) is 9.97 Å². The number of aromatic nitrogens is 2. The van der Waals surface area contributed by atoms with E-state index in [4.69, 9.17) is 9.97 Å². The van der Waals surface area contributed by atoms with Crippen molar-refractivity contribution >= 4 is 34.3 Å². The Hall–Kier alpha value is -3.55. The first-order chi connectivity index (χ1) is 13.5. The number of benzene rings is 2. The number of hydrogen-bond donors (Lipinski definition) is 0. The Bertz CT molecular complexity index is 1100. The summed E-state index contributed by atoms with van der Waals surface area (Å²) >= 11 is 0. The van der Waals surface area contributed by atoms with Crippen molar-refractivity contribution in [2.45, 2.75) is 13.3 Å². The molecular weight excluding hydrogens is 358 g/mol. The lowest BCUT2D eigenvalue weighted by atomic mass is 10.1. The Morgan fingerprint density at radius 2 is 1.75 bits per heavy atom. The van der Waals surface area contributed by atoms with Gasteiger partial charge in [0.25, 0.3) is 11.6 Å². The van der Waals surface area contributed by atoms with Gasteiger partial charge in [-0.1, -0.05) is 12.1 Å². The van der Waals surface area contributed by atoms with Gasteiger partial charge in [0.15, 0.2) is 11.6 Å². The van der Waals surface area contributed by atoms with Crippen LogP contribution >= 0.6 is 0 Å². The predicted molar refractivity (Wildman–Crippen MR) is 107 cm³/mol. The number of para-hydroxylation sites is 2. The van der Waals surface area contributed by atoms with Crippen molar-refractivity contribution < 1.29 is 9.72 Å². The lowest BCUT2D eigenvalue weighted by Crippen LogP contribution is -2.32. The van der Waals surface area contributed by atoms with E-state index < -0.39 is 4.92 Å². The first-order valence-electron chi connectivity index (χ1n) is 9.00. The maximum absolute atomic E-state index is 13.3. The molecule has 0 saturated heterocycles. The number of fused-ring (bicyclic) bond motifs is 2. The van der Waals surface area contributed by atoms with Gasteiger partial charge in [0.1, 0.15) is 0 Å². The summed E-state index contributed by atoms with van der Waals surface area (Å²) in [4.78, 5) is 36.9. The SMILES string of the molecule is Cc1cc(C(=O)N2CCCN(C)c3nc4ccccc4nc32)ccc1[N+](=O)[O-]. The van der Waals surface area contributed by atoms with Crippen molar-refractivity contribution in [2.24, 2.45) is 0 Å². The molecule has 8 nitrogen and oxygen atoms in total. The number of hydrogen-bond acceptors (Lipinski definition) is 6. The predicted octanol–water partition coefficient (Wildman–Crippen LogP) is 3.33. The molecule has 2 aromatic carbocycles. The molecule has 1 aromatic heterocycles. The molecule has 1 aliphatic heterocycles. The molecule has 0 radical (unpaired) electrons. The number of nitro benzene ring substituents is 1. The van der Waals surface area contributed by atoms with Crippen molar-refractivity contribution in [3.05, 3.63) is 63.7 Å². The average molecular weight is 377 g/mol. The van der Waals surface area contributed by atoms with E-state index in [2.05, 4.69) is 0 Å². The van der Waals surface area contributed by atoms with E-state index in [0.29, 0.717) is 34.8 Å². The molecule has 1 aliphatic rings. The molecule has 0 bridgehead atoms. The summed E-state index contributed by atoms with van der Waals surface area (Å²) in [6, 6.07) is 12.0. The van der Waals surface area contributed by atoms with Gasteiger partial charge in [0.2, 0.25) is 0 Å². The van der Waals surface area contributed by atoms with E-state index >= 15 is 0 Å². The van der Waals surface area contributed by atoms with Crippen LogP contribution in [0.4, 0.5) is 17.3 Å². The number of carbonyl (C=O) groups excluding carboxylic acids is 1. The van der Waals surface area contributed by atoms with Gasteiger partial charge < -0.3 is 4.90 Å². The normalized spacial score (nSPS) is 13.9. The Morgan fingerprint density at radius 1 is 1.07 bits per heavy atom. The minimum absolute atomic E-state index is 0.00154. The van der Waals surface area contributed by atoms with E-state index in [9.17, 15) is 14.9 Å². The lowest BCUT2D eigenvalue weighted by molar-refractivity contribution is -0.385.